The summed E-state index contributed by atoms with van der Waals surface area (Å²) in [5.74, 6) is 0.107. The number of amides is 1. The number of carbonyl (C=O) groups is 1. The molecule has 5 nitrogen and oxygen atoms in total. The van der Waals surface area contributed by atoms with E-state index in [0.717, 1.165) is 18.4 Å². The molecule has 4 aromatic rings. The number of fused-ring (bicyclic) bond motifs is 1. The van der Waals surface area contributed by atoms with Crippen LogP contribution in [0.1, 0.15) is 17.5 Å². The highest BCUT2D eigenvalue weighted by molar-refractivity contribution is 7.99. The highest BCUT2D eigenvalue weighted by atomic mass is 35.5. The van der Waals surface area contributed by atoms with Gasteiger partial charge in [-0.2, -0.15) is 0 Å². The fourth-order valence-electron chi connectivity index (χ4n) is 3.56. The van der Waals surface area contributed by atoms with Crippen molar-refractivity contribution in [3.8, 4) is 0 Å². The second kappa shape index (κ2) is 11.2. The van der Waals surface area contributed by atoms with E-state index in [0.29, 0.717) is 34.2 Å². The zero-order valence-corrected chi connectivity index (χ0v) is 19.6. The zero-order valence-electron chi connectivity index (χ0n) is 18.0. The second-order valence-electron chi connectivity index (χ2n) is 7.66. The molecule has 0 atom stereocenters. The number of carbonyl (C=O) groups excluding carboxylic acids is 1. The maximum absolute atomic E-state index is 13.2. The van der Waals surface area contributed by atoms with Crippen LogP contribution in [-0.4, -0.2) is 27.8 Å². The molecule has 0 fully saturated rings. The van der Waals surface area contributed by atoms with E-state index in [1.54, 1.807) is 16.7 Å². The molecule has 0 spiro atoms. The molecule has 4 rings (SSSR count). The number of aryl methyl sites for hydroxylation is 1. The first-order valence-corrected chi connectivity index (χ1v) is 12.1. The van der Waals surface area contributed by atoms with Crippen LogP contribution >= 0.6 is 23.4 Å². The van der Waals surface area contributed by atoms with E-state index >= 15 is 0 Å². The number of hydrogen-bond donors (Lipinski definition) is 1. The van der Waals surface area contributed by atoms with E-state index in [9.17, 15) is 9.59 Å². The fraction of sp³-hybridized carbons (Fsp3) is 0.192. The molecule has 33 heavy (non-hydrogen) atoms. The third-order valence-electron chi connectivity index (χ3n) is 5.20. The number of para-hydroxylation sites is 1. The lowest BCUT2D eigenvalue weighted by Gasteiger charge is -2.13. The summed E-state index contributed by atoms with van der Waals surface area (Å²) in [6.07, 6.45) is 1.79. The molecule has 0 bridgehead atoms. The Balaban J connectivity index is 1.44. The Morgan fingerprint density at radius 2 is 1.73 bits per heavy atom. The normalized spacial score (nSPS) is 10.9. The highest BCUT2D eigenvalue weighted by Crippen LogP contribution is 2.20. The van der Waals surface area contributed by atoms with Crippen molar-refractivity contribution in [3.05, 3.63) is 105 Å². The van der Waals surface area contributed by atoms with Crippen LogP contribution in [0.5, 0.6) is 0 Å². The van der Waals surface area contributed by atoms with Crippen LogP contribution in [0.15, 0.2) is 88.8 Å². The first-order valence-electron chi connectivity index (χ1n) is 10.8. The lowest BCUT2D eigenvalue weighted by Crippen LogP contribution is -2.28. The molecule has 0 saturated carbocycles. The Labute approximate surface area is 201 Å². The zero-order chi connectivity index (χ0) is 23.0. The topological polar surface area (TPSA) is 64.0 Å². The number of aromatic nitrogens is 2. The van der Waals surface area contributed by atoms with Crippen LogP contribution in [0, 0.1) is 0 Å². The van der Waals surface area contributed by atoms with Gasteiger partial charge in [-0.15, -0.1) is 0 Å². The molecule has 3 aromatic carbocycles. The third kappa shape index (κ3) is 6.24. The second-order valence-corrected chi connectivity index (χ2v) is 9.04. The van der Waals surface area contributed by atoms with Crippen LogP contribution in [0.3, 0.4) is 0 Å². The first kappa shape index (κ1) is 23.1. The van der Waals surface area contributed by atoms with E-state index in [1.165, 1.54) is 17.3 Å². The van der Waals surface area contributed by atoms with Gasteiger partial charge in [-0.05, 0) is 48.2 Å². The van der Waals surface area contributed by atoms with Gasteiger partial charge in [-0.25, -0.2) is 4.98 Å². The summed E-state index contributed by atoms with van der Waals surface area (Å²) in [4.78, 5) is 30.3. The molecule has 1 heterocycles. The summed E-state index contributed by atoms with van der Waals surface area (Å²) >= 11 is 7.40. The third-order valence-corrected chi connectivity index (χ3v) is 6.41. The minimum Gasteiger partial charge on any atom is -0.355 e. The summed E-state index contributed by atoms with van der Waals surface area (Å²) in [6, 6.07) is 24.9. The Bertz CT molecular complexity index is 1310. The van der Waals surface area contributed by atoms with Gasteiger partial charge in [0, 0.05) is 11.6 Å². The number of hydrogen-bond acceptors (Lipinski definition) is 4. The number of halogens is 1. The van der Waals surface area contributed by atoms with Crippen molar-refractivity contribution in [2.75, 3.05) is 12.3 Å². The van der Waals surface area contributed by atoms with E-state index in [-0.39, 0.29) is 17.2 Å². The van der Waals surface area contributed by atoms with E-state index in [2.05, 4.69) is 22.4 Å². The lowest BCUT2D eigenvalue weighted by atomic mass is 10.1. The van der Waals surface area contributed by atoms with Gasteiger partial charge < -0.3 is 5.32 Å². The number of nitrogens with one attached hydrogen (secondary N) is 1. The van der Waals surface area contributed by atoms with Gasteiger partial charge in [0.2, 0.25) is 5.91 Å². The van der Waals surface area contributed by atoms with Crippen molar-refractivity contribution in [1.29, 1.82) is 0 Å². The first-order chi connectivity index (χ1) is 16.1. The Hall–Kier alpha value is -3.09. The molecule has 7 heteroatoms. The van der Waals surface area contributed by atoms with Crippen LogP contribution in [0.25, 0.3) is 10.9 Å². The molecule has 1 aromatic heterocycles. The predicted molar refractivity (Wildman–Crippen MR) is 135 cm³/mol. The van der Waals surface area contributed by atoms with E-state index < -0.39 is 0 Å². The average Bonchev–Trinajstić information content (AvgIpc) is 2.83. The van der Waals surface area contributed by atoms with Crippen LogP contribution in [0.2, 0.25) is 5.02 Å². The van der Waals surface area contributed by atoms with Crippen LogP contribution in [0.4, 0.5) is 0 Å². The molecule has 0 aliphatic rings. The molecule has 0 saturated heterocycles. The van der Waals surface area contributed by atoms with Crippen molar-refractivity contribution in [3.63, 3.8) is 0 Å². The van der Waals surface area contributed by atoms with E-state index in [4.69, 9.17) is 11.6 Å². The molecule has 0 unspecified atom stereocenters. The minimum absolute atomic E-state index is 0.0789. The predicted octanol–water partition coefficient (Wildman–Crippen LogP) is 4.94. The lowest BCUT2D eigenvalue weighted by molar-refractivity contribution is -0.118. The summed E-state index contributed by atoms with van der Waals surface area (Å²) in [7, 11) is 0. The number of thioether (sulfide) groups is 1. The molecular weight excluding hydrogens is 454 g/mol. The van der Waals surface area contributed by atoms with Crippen molar-refractivity contribution in [2.24, 2.45) is 0 Å². The molecule has 0 aliphatic heterocycles. The summed E-state index contributed by atoms with van der Waals surface area (Å²) in [5.41, 5.74) is 2.64. The van der Waals surface area contributed by atoms with Gasteiger partial charge in [0.15, 0.2) is 5.16 Å². The number of rotatable bonds is 9. The summed E-state index contributed by atoms with van der Waals surface area (Å²) in [6.45, 7) is 0.938. The van der Waals surface area contributed by atoms with Gasteiger partial charge in [-0.1, -0.05) is 78.0 Å². The van der Waals surface area contributed by atoms with E-state index in [1.807, 2.05) is 54.6 Å². The quantitative estimate of drug-likeness (QED) is 0.211. The Morgan fingerprint density at radius 1 is 0.970 bits per heavy atom. The molecular formula is C26H24ClN3O2S. The largest absolute Gasteiger partial charge is 0.355 e. The molecule has 1 N–H and O–H groups in total. The maximum Gasteiger partial charge on any atom is 0.262 e. The van der Waals surface area contributed by atoms with Crippen molar-refractivity contribution in [1.82, 2.24) is 14.9 Å². The molecule has 1 amide bonds. The van der Waals surface area contributed by atoms with Gasteiger partial charge >= 0.3 is 0 Å². The monoisotopic (exact) mass is 477 g/mol. The maximum atomic E-state index is 13.2. The summed E-state index contributed by atoms with van der Waals surface area (Å²) in [5, 5.41) is 4.63. The Kier molecular flexibility index (Phi) is 7.81. The van der Waals surface area contributed by atoms with Crippen molar-refractivity contribution < 1.29 is 4.79 Å². The van der Waals surface area contributed by atoms with Gasteiger partial charge in [-0.3, -0.25) is 14.2 Å². The highest BCUT2D eigenvalue weighted by Gasteiger charge is 2.14. The van der Waals surface area contributed by atoms with Crippen molar-refractivity contribution >= 4 is 40.2 Å². The average molecular weight is 478 g/mol. The molecule has 0 radical (unpaired) electrons. The standard InChI is InChI=1S/C26H24ClN3O2S/c27-21-12-6-10-20(16-21)17-30-25(32)22-13-4-5-14-23(22)29-26(30)33-18-24(31)28-15-7-11-19-8-2-1-3-9-19/h1-6,8-10,12-14,16H,7,11,15,17-18H2,(H,28,31). The van der Waals surface area contributed by atoms with Gasteiger partial charge in [0.05, 0.1) is 23.2 Å². The van der Waals surface area contributed by atoms with Crippen LogP contribution in [-0.2, 0) is 17.8 Å². The summed E-state index contributed by atoms with van der Waals surface area (Å²) < 4.78 is 1.61. The van der Waals surface area contributed by atoms with Gasteiger partial charge in [0.25, 0.3) is 5.56 Å². The smallest absolute Gasteiger partial charge is 0.262 e. The van der Waals surface area contributed by atoms with Gasteiger partial charge in [0.1, 0.15) is 0 Å². The SMILES string of the molecule is O=C(CSc1nc2ccccc2c(=O)n1Cc1cccc(Cl)c1)NCCCc1ccccc1. The molecule has 0 aliphatic carbocycles. The number of nitrogens with zero attached hydrogens (tertiary/aromatic N) is 2. The van der Waals surface area contributed by atoms with Crippen LogP contribution < -0.4 is 10.9 Å². The number of benzene rings is 3. The minimum atomic E-state index is -0.133. The van der Waals surface area contributed by atoms with Crippen molar-refractivity contribution in [2.45, 2.75) is 24.5 Å². The Morgan fingerprint density at radius 3 is 2.55 bits per heavy atom. The fourth-order valence-corrected chi connectivity index (χ4v) is 4.60. The molecule has 168 valence electrons.